The fourth-order valence-corrected chi connectivity index (χ4v) is 2.37. The van der Waals surface area contributed by atoms with Gasteiger partial charge in [0.15, 0.2) is 0 Å². The Labute approximate surface area is 110 Å². The molecule has 1 amide bonds. The SMILES string of the molecule is CCNCC(C)C(=O)Nc1ccc2ncsc2c1. The lowest BCUT2D eigenvalue weighted by atomic mass is 10.1. The van der Waals surface area contributed by atoms with Crippen molar-refractivity contribution in [1.29, 1.82) is 0 Å². The minimum Gasteiger partial charge on any atom is -0.326 e. The molecule has 4 nitrogen and oxygen atoms in total. The second-order valence-corrected chi connectivity index (χ2v) is 5.12. The predicted octanol–water partition coefficient (Wildman–Crippen LogP) is 2.48. The molecule has 0 spiro atoms. The van der Waals surface area contributed by atoms with Gasteiger partial charge in [0.1, 0.15) is 0 Å². The van der Waals surface area contributed by atoms with E-state index in [0.29, 0.717) is 6.54 Å². The number of aromatic nitrogens is 1. The number of anilines is 1. The van der Waals surface area contributed by atoms with E-state index in [1.54, 1.807) is 11.3 Å². The number of rotatable bonds is 5. The second kappa shape index (κ2) is 5.93. The van der Waals surface area contributed by atoms with Crippen molar-refractivity contribution >= 4 is 33.1 Å². The van der Waals surface area contributed by atoms with Crippen molar-refractivity contribution in [3.05, 3.63) is 23.7 Å². The Morgan fingerprint density at radius 2 is 2.33 bits per heavy atom. The molecule has 0 saturated carbocycles. The van der Waals surface area contributed by atoms with Gasteiger partial charge < -0.3 is 10.6 Å². The molecule has 0 bridgehead atoms. The number of benzene rings is 1. The summed E-state index contributed by atoms with van der Waals surface area (Å²) in [6.45, 7) is 5.53. The number of nitrogens with zero attached hydrogens (tertiary/aromatic N) is 1. The van der Waals surface area contributed by atoms with Crippen LogP contribution in [-0.2, 0) is 4.79 Å². The average molecular weight is 263 g/mol. The molecule has 1 aromatic carbocycles. The molecule has 0 aliphatic heterocycles. The highest BCUT2D eigenvalue weighted by Gasteiger charge is 2.12. The highest BCUT2D eigenvalue weighted by molar-refractivity contribution is 7.16. The zero-order chi connectivity index (χ0) is 13.0. The van der Waals surface area contributed by atoms with Crippen LogP contribution in [0.2, 0.25) is 0 Å². The summed E-state index contributed by atoms with van der Waals surface area (Å²) in [6.07, 6.45) is 0. The zero-order valence-electron chi connectivity index (χ0n) is 10.6. The molecule has 0 radical (unpaired) electrons. The van der Waals surface area contributed by atoms with Crippen LogP contribution < -0.4 is 10.6 Å². The summed E-state index contributed by atoms with van der Waals surface area (Å²) in [4.78, 5) is 16.1. The topological polar surface area (TPSA) is 54.0 Å². The van der Waals surface area contributed by atoms with Crippen molar-refractivity contribution in [1.82, 2.24) is 10.3 Å². The Morgan fingerprint density at radius 1 is 1.50 bits per heavy atom. The third kappa shape index (κ3) is 3.05. The fourth-order valence-electron chi connectivity index (χ4n) is 1.65. The highest BCUT2D eigenvalue weighted by atomic mass is 32.1. The van der Waals surface area contributed by atoms with Crippen molar-refractivity contribution in [2.45, 2.75) is 13.8 Å². The van der Waals surface area contributed by atoms with Gasteiger partial charge in [0.05, 0.1) is 15.7 Å². The van der Waals surface area contributed by atoms with Crippen molar-refractivity contribution in [3.63, 3.8) is 0 Å². The van der Waals surface area contributed by atoms with Gasteiger partial charge in [-0.25, -0.2) is 4.98 Å². The van der Waals surface area contributed by atoms with E-state index in [0.717, 1.165) is 22.4 Å². The molecule has 1 aromatic heterocycles. The van der Waals surface area contributed by atoms with Crippen LogP contribution in [0.4, 0.5) is 5.69 Å². The van der Waals surface area contributed by atoms with Gasteiger partial charge in [0.2, 0.25) is 5.91 Å². The number of amides is 1. The van der Waals surface area contributed by atoms with Crippen molar-refractivity contribution in [3.8, 4) is 0 Å². The van der Waals surface area contributed by atoms with Crippen LogP contribution in [0.15, 0.2) is 23.7 Å². The van der Waals surface area contributed by atoms with Gasteiger partial charge in [0, 0.05) is 18.2 Å². The van der Waals surface area contributed by atoms with Crippen LogP contribution in [0, 0.1) is 5.92 Å². The zero-order valence-corrected chi connectivity index (χ0v) is 11.4. The number of hydrogen-bond acceptors (Lipinski definition) is 4. The fraction of sp³-hybridized carbons (Fsp3) is 0.385. The molecule has 1 unspecified atom stereocenters. The smallest absolute Gasteiger partial charge is 0.228 e. The Hall–Kier alpha value is -1.46. The molecule has 0 aliphatic carbocycles. The maximum absolute atomic E-state index is 11.9. The number of thiazole rings is 1. The standard InChI is InChI=1S/C13H17N3OS/c1-3-14-7-9(2)13(17)16-10-4-5-11-12(6-10)18-8-15-11/h4-6,8-9,14H,3,7H2,1-2H3,(H,16,17). The second-order valence-electron chi connectivity index (χ2n) is 4.23. The molecule has 0 aliphatic rings. The first-order chi connectivity index (χ1) is 8.70. The van der Waals surface area contributed by atoms with Crippen molar-refractivity contribution in [2.24, 2.45) is 5.92 Å². The first kappa shape index (κ1) is 13.0. The van der Waals surface area contributed by atoms with E-state index < -0.39 is 0 Å². The maximum atomic E-state index is 11.9. The van der Waals surface area contributed by atoms with Crippen LogP contribution in [-0.4, -0.2) is 24.0 Å². The average Bonchev–Trinajstić information content (AvgIpc) is 2.83. The number of nitrogens with one attached hydrogen (secondary N) is 2. The highest BCUT2D eigenvalue weighted by Crippen LogP contribution is 2.22. The molecule has 0 saturated heterocycles. The monoisotopic (exact) mass is 263 g/mol. The number of fused-ring (bicyclic) bond motifs is 1. The van der Waals surface area contributed by atoms with Gasteiger partial charge in [-0.1, -0.05) is 13.8 Å². The van der Waals surface area contributed by atoms with Gasteiger partial charge in [-0.15, -0.1) is 11.3 Å². The summed E-state index contributed by atoms with van der Waals surface area (Å²) in [5.41, 5.74) is 3.61. The summed E-state index contributed by atoms with van der Waals surface area (Å²) < 4.78 is 1.09. The van der Waals surface area contributed by atoms with Crippen LogP contribution in [0.25, 0.3) is 10.2 Å². The van der Waals surface area contributed by atoms with Gasteiger partial charge in [-0.3, -0.25) is 4.79 Å². The summed E-state index contributed by atoms with van der Waals surface area (Å²) in [7, 11) is 0. The number of carbonyl (C=O) groups excluding carboxylic acids is 1. The summed E-state index contributed by atoms with van der Waals surface area (Å²) in [5.74, 6) is 0.00178. The molecule has 2 aromatic rings. The van der Waals surface area contributed by atoms with Crippen LogP contribution >= 0.6 is 11.3 Å². The summed E-state index contributed by atoms with van der Waals surface area (Å²) in [6, 6.07) is 5.78. The van der Waals surface area contributed by atoms with Crippen LogP contribution in [0.5, 0.6) is 0 Å². The van der Waals surface area contributed by atoms with Crippen molar-refractivity contribution in [2.75, 3.05) is 18.4 Å². The molecule has 1 heterocycles. The van der Waals surface area contributed by atoms with Crippen LogP contribution in [0.3, 0.4) is 0 Å². The van der Waals surface area contributed by atoms with E-state index in [4.69, 9.17) is 0 Å². The third-order valence-electron chi connectivity index (χ3n) is 2.75. The molecule has 2 N–H and O–H groups in total. The van der Waals surface area contributed by atoms with E-state index in [2.05, 4.69) is 15.6 Å². The van der Waals surface area contributed by atoms with Gasteiger partial charge in [0.25, 0.3) is 0 Å². The first-order valence-electron chi connectivity index (χ1n) is 6.05. The normalized spacial score (nSPS) is 12.6. The Balaban J connectivity index is 2.01. The van der Waals surface area contributed by atoms with E-state index in [1.165, 1.54) is 0 Å². The molecular formula is C13H17N3OS. The first-order valence-corrected chi connectivity index (χ1v) is 6.93. The van der Waals surface area contributed by atoms with Crippen LogP contribution in [0.1, 0.15) is 13.8 Å². The quantitative estimate of drug-likeness (QED) is 0.871. The van der Waals surface area contributed by atoms with E-state index in [-0.39, 0.29) is 11.8 Å². The van der Waals surface area contributed by atoms with Gasteiger partial charge in [-0.05, 0) is 24.7 Å². The van der Waals surface area contributed by atoms with E-state index >= 15 is 0 Å². The molecule has 18 heavy (non-hydrogen) atoms. The Morgan fingerprint density at radius 3 is 3.11 bits per heavy atom. The minimum absolute atomic E-state index is 0.0397. The lowest BCUT2D eigenvalue weighted by molar-refractivity contribution is -0.119. The van der Waals surface area contributed by atoms with Crippen molar-refractivity contribution < 1.29 is 4.79 Å². The minimum atomic E-state index is -0.0397. The van der Waals surface area contributed by atoms with Gasteiger partial charge in [-0.2, -0.15) is 0 Å². The summed E-state index contributed by atoms with van der Waals surface area (Å²) >= 11 is 1.58. The molecular weight excluding hydrogens is 246 g/mol. The lowest BCUT2D eigenvalue weighted by Crippen LogP contribution is -2.30. The predicted molar refractivity (Wildman–Crippen MR) is 76.0 cm³/mol. The molecule has 5 heteroatoms. The van der Waals surface area contributed by atoms with E-state index in [1.807, 2.05) is 37.6 Å². The molecule has 2 rings (SSSR count). The van der Waals surface area contributed by atoms with Gasteiger partial charge >= 0.3 is 0 Å². The van der Waals surface area contributed by atoms with E-state index in [9.17, 15) is 4.79 Å². The lowest BCUT2D eigenvalue weighted by Gasteiger charge is -2.12. The molecule has 96 valence electrons. The number of carbonyl (C=O) groups is 1. The number of hydrogen-bond donors (Lipinski definition) is 2. The maximum Gasteiger partial charge on any atom is 0.228 e. The Kier molecular flexibility index (Phi) is 4.28. The molecule has 0 fully saturated rings. The third-order valence-corrected chi connectivity index (χ3v) is 3.54. The largest absolute Gasteiger partial charge is 0.326 e. The molecule has 1 atom stereocenters. The summed E-state index contributed by atoms with van der Waals surface area (Å²) in [5, 5.41) is 6.10. The Bertz CT molecular complexity index is 538.